The van der Waals surface area contributed by atoms with Gasteiger partial charge in [0.25, 0.3) is 5.91 Å². The fraction of sp³-hybridized carbons (Fsp3) is 0.375. The van der Waals surface area contributed by atoms with Gasteiger partial charge in [0.05, 0.1) is 12.0 Å². The molecule has 3 N–H and O–H groups in total. The summed E-state index contributed by atoms with van der Waals surface area (Å²) in [5, 5.41) is 11.7. The molecule has 1 amide bonds. The summed E-state index contributed by atoms with van der Waals surface area (Å²) in [6.07, 6.45) is 4.79. The molecule has 116 valence electrons. The third kappa shape index (κ3) is 2.88. The maximum Gasteiger partial charge on any atom is 0.267 e. The van der Waals surface area contributed by atoms with Crippen LogP contribution in [0.5, 0.6) is 5.75 Å². The third-order valence-electron chi connectivity index (χ3n) is 4.17. The summed E-state index contributed by atoms with van der Waals surface area (Å²) < 4.78 is 6.13. The molecule has 1 fully saturated rings. The van der Waals surface area contributed by atoms with Crippen LogP contribution in [0.15, 0.2) is 24.3 Å². The number of hydroxylamine groups is 1. The van der Waals surface area contributed by atoms with Crippen molar-refractivity contribution in [2.75, 3.05) is 13.1 Å². The molecule has 2 aliphatic heterocycles. The molecule has 2 heterocycles. The summed E-state index contributed by atoms with van der Waals surface area (Å²) in [5.41, 5.74) is 2.41. The molecule has 22 heavy (non-hydrogen) atoms. The van der Waals surface area contributed by atoms with Crippen LogP contribution in [0, 0.1) is 0 Å². The Morgan fingerprint density at radius 2 is 2.14 bits per heavy atom. The van der Waals surface area contributed by atoms with Crippen molar-refractivity contribution in [1.29, 1.82) is 0 Å². The average Bonchev–Trinajstić information content (AvgIpc) is 2.53. The first-order chi connectivity index (χ1) is 10.6. The van der Waals surface area contributed by atoms with E-state index in [4.69, 9.17) is 9.94 Å². The van der Waals surface area contributed by atoms with E-state index < -0.39 is 5.91 Å². The number of amides is 1. The van der Waals surface area contributed by atoms with Crippen LogP contribution < -0.4 is 15.5 Å². The summed E-state index contributed by atoms with van der Waals surface area (Å²) in [5.74, 6) is 0.0703. The number of rotatable bonds is 2. The minimum atomic E-state index is -0.617. The fourth-order valence-corrected chi connectivity index (χ4v) is 2.99. The Morgan fingerprint density at radius 1 is 1.36 bits per heavy atom. The van der Waals surface area contributed by atoms with Crippen LogP contribution in [-0.2, 0) is 4.79 Å². The molecular weight excluding hydrogens is 284 g/mol. The molecular formula is C16H18N2O4. The second-order valence-corrected chi connectivity index (χ2v) is 5.70. The Bertz CT molecular complexity index is 633. The SMILES string of the molecule is O=C(/C=C/c1ccc2c(c1)C(=O)CC1(CCNCC1)O2)NO. The van der Waals surface area contributed by atoms with Gasteiger partial charge in [0, 0.05) is 18.9 Å². The van der Waals surface area contributed by atoms with Crippen LogP contribution in [0.25, 0.3) is 6.08 Å². The molecule has 0 atom stereocenters. The number of piperidine rings is 1. The van der Waals surface area contributed by atoms with Gasteiger partial charge in [-0.3, -0.25) is 14.8 Å². The highest BCUT2D eigenvalue weighted by Crippen LogP contribution is 2.38. The van der Waals surface area contributed by atoms with Crippen LogP contribution in [-0.4, -0.2) is 35.6 Å². The lowest BCUT2D eigenvalue weighted by molar-refractivity contribution is -0.124. The number of fused-ring (bicyclic) bond motifs is 1. The molecule has 6 heteroatoms. The lowest BCUT2D eigenvalue weighted by Crippen LogP contribution is -2.49. The van der Waals surface area contributed by atoms with Crippen molar-refractivity contribution in [2.45, 2.75) is 24.9 Å². The fourth-order valence-electron chi connectivity index (χ4n) is 2.99. The topological polar surface area (TPSA) is 87.7 Å². The Balaban J connectivity index is 1.85. The number of carbonyl (C=O) groups excluding carboxylic acids is 2. The summed E-state index contributed by atoms with van der Waals surface area (Å²) in [6, 6.07) is 5.27. The highest BCUT2D eigenvalue weighted by atomic mass is 16.5. The standard InChI is InChI=1S/C16H18N2O4/c19-13-10-16(5-7-17-8-6-16)22-14-3-1-11(9-12(13)14)2-4-15(20)18-21/h1-4,9,17,21H,5-8,10H2,(H,18,20)/b4-2+. The molecule has 0 saturated carbocycles. The molecule has 0 radical (unpaired) electrons. The largest absolute Gasteiger partial charge is 0.486 e. The molecule has 1 saturated heterocycles. The number of nitrogens with one attached hydrogen (secondary N) is 2. The summed E-state index contributed by atoms with van der Waals surface area (Å²) in [7, 11) is 0. The second kappa shape index (κ2) is 5.90. The lowest BCUT2D eigenvalue weighted by Gasteiger charge is -2.40. The highest BCUT2D eigenvalue weighted by molar-refractivity contribution is 6.01. The predicted molar refractivity (Wildman–Crippen MR) is 79.8 cm³/mol. The van der Waals surface area contributed by atoms with Crippen molar-refractivity contribution in [3.05, 3.63) is 35.4 Å². The van der Waals surface area contributed by atoms with E-state index >= 15 is 0 Å². The first-order valence-electron chi connectivity index (χ1n) is 7.31. The van der Waals surface area contributed by atoms with Gasteiger partial charge in [0.2, 0.25) is 0 Å². The Kier molecular flexibility index (Phi) is 3.96. The van der Waals surface area contributed by atoms with E-state index in [1.807, 2.05) is 0 Å². The lowest BCUT2D eigenvalue weighted by atomic mass is 9.83. The van der Waals surface area contributed by atoms with Gasteiger partial charge in [-0.05, 0) is 36.9 Å². The van der Waals surface area contributed by atoms with E-state index in [0.29, 0.717) is 23.3 Å². The maximum atomic E-state index is 12.5. The normalized spacial score (nSPS) is 19.8. The maximum absolute atomic E-state index is 12.5. The van der Waals surface area contributed by atoms with Gasteiger partial charge in [0.15, 0.2) is 5.78 Å². The third-order valence-corrected chi connectivity index (χ3v) is 4.17. The number of ether oxygens (including phenoxy) is 1. The monoisotopic (exact) mass is 302 g/mol. The number of Topliss-reactive ketones (excluding diaryl/α,β-unsaturated/α-hetero) is 1. The molecule has 0 unspecified atom stereocenters. The van der Waals surface area contributed by atoms with Gasteiger partial charge in [-0.1, -0.05) is 6.07 Å². The number of carbonyl (C=O) groups is 2. The zero-order valence-electron chi connectivity index (χ0n) is 12.1. The number of ketones is 1. The van der Waals surface area contributed by atoms with Gasteiger partial charge < -0.3 is 10.1 Å². The van der Waals surface area contributed by atoms with E-state index in [-0.39, 0.29) is 11.4 Å². The van der Waals surface area contributed by atoms with Gasteiger partial charge in [0.1, 0.15) is 11.4 Å². The van der Waals surface area contributed by atoms with Crippen LogP contribution in [0.3, 0.4) is 0 Å². The van der Waals surface area contributed by atoms with E-state index in [1.54, 1.807) is 18.2 Å². The van der Waals surface area contributed by atoms with Gasteiger partial charge in [-0.25, -0.2) is 5.48 Å². The highest BCUT2D eigenvalue weighted by Gasteiger charge is 2.41. The minimum absolute atomic E-state index is 0.0741. The van der Waals surface area contributed by atoms with Crippen LogP contribution in [0.4, 0.5) is 0 Å². The average molecular weight is 302 g/mol. The molecule has 2 aliphatic rings. The van der Waals surface area contributed by atoms with Crippen LogP contribution in [0.2, 0.25) is 0 Å². The van der Waals surface area contributed by atoms with Crippen molar-refractivity contribution < 1.29 is 19.5 Å². The van der Waals surface area contributed by atoms with Crippen molar-refractivity contribution >= 4 is 17.8 Å². The van der Waals surface area contributed by atoms with E-state index in [2.05, 4.69) is 5.32 Å². The summed E-state index contributed by atoms with van der Waals surface area (Å²) in [4.78, 5) is 23.5. The summed E-state index contributed by atoms with van der Waals surface area (Å²) >= 11 is 0. The van der Waals surface area contributed by atoms with E-state index in [1.165, 1.54) is 17.6 Å². The van der Waals surface area contributed by atoms with Crippen molar-refractivity contribution in [1.82, 2.24) is 10.8 Å². The number of hydrogen-bond donors (Lipinski definition) is 3. The van der Waals surface area contributed by atoms with Crippen molar-refractivity contribution in [3.63, 3.8) is 0 Å². The first kappa shape index (κ1) is 14.7. The van der Waals surface area contributed by atoms with Crippen molar-refractivity contribution in [2.24, 2.45) is 0 Å². The Morgan fingerprint density at radius 3 is 2.86 bits per heavy atom. The Labute approximate surface area is 128 Å². The zero-order chi connectivity index (χ0) is 15.6. The smallest absolute Gasteiger partial charge is 0.267 e. The second-order valence-electron chi connectivity index (χ2n) is 5.70. The Hall–Kier alpha value is -2.18. The molecule has 6 nitrogen and oxygen atoms in total. The number of benzene rings is 1. The van der Waals surface area contributed by atoms with E-state index in [0.717, 1.165) is 25.9 Å². The predicted octanol–water partition coefficient (Wildman–Crippen LogP) is 1.29. The van der Waals surface area contributed by atoms with Crippen molar-refractivity contribution in [3.8, 4) is 5.75 Å². The number of hydrogen-bond acceptors (Lipinski definition) is 5. The molecule has 0 aliphatic carbocycles. The summed E-state index contributed by atoms with van der Waals surface area (Å²) in [6.45, 7) is 1.72. The van der Waals surface area contributed by atoms with Gasteiger partial charge in [-0.2, -0.15) is 0 Å². The molecule has 3 rings (SSSR count). The molecule has 1 spiro atoms. The zero-order valence-corrected chi connectivity index (χ0v) is 12.1. The first-order valence-corrected chi connectivity index (χ1v) is 7.31. The van der Waals surface area contributed by atoms with E-state index in [9.17, 15) is 9.59 Å². The minimum Gasteiger partial charge on any atom is -0.486 e. The van der Waals surface area contributed by atoms with Crippen LogP contribution in [0.1, 0.15) is 35.2 Å². The van der Waals surface area contributed by atoms with Crippen LogP contribution >= 0.6 is 0 Å². The molecule has 1 aromatic carbocycles. The molecule has 0 aromatic heterocycles. The quantitative estimate of drug-likeness (QED) is 0.435. The molecule has 0 bridgehead atoms. The van der Waals surface area contributed by atoms with Gasteiger partial charge in [-0.15, -0.1) is 0 Å². The molecule has 1 aromatic rings. The van der Waals surface area contributed by atoms with Gasteiger partial charge >= 0.3 is 0 Å².